The molecule has 0 aliphatic rings. The number of aromatic nitrogens is 3. The molecular formula is C19H14N4OS2. The normalized spacial score (nSPS) is 10.7. The van der Waals surface area contributed by atoms with Gasteiger partial charge in [0, 0.05) is 29.0 Å². The molecule has 0 spiro atoms. The van der Waals surface area contributed by atoms with E-state index in [0.29, 0.717) is 10.6 Å². The lowest BCUT2D eigenvalue weighted by molar-refractivity contribution is 0.103. The highest BCUT2D eigenvalue weighted by atomic mass is 32.1. The number of hydrogen-bond acceptors (Lipinski definition) is 6. The summed E-state index contributed by atoms with van der Waals surface area (Å²) in [6.07, 6.45) is 3.50. The molecule has 4 rings (SSSR count). The number of rotatable bonds is 4. The summed E-state index contributed by atoms with van der Waals surface area (Å²) >= 11 is 2.93. The van der Waals surface area contributed by atoms with Crippen LogP contribution < -0.4 is 5.32 Å². The minimum absolute atomic E-state index is 0.163. The quantitative estimate of drug-likeness (QED) is 0.549. The summed E-state index contributed by atoms with van der Waals surface area (Å²) in [4.78, 5) is 26.3. The van der Waals surface area contributed by atoms with Crippen molar-refractivity contribution in [1.29, 1.82) is 0 Å². The van der Waals surface area contributed by atoms with Crippen LogP contribution in [0.5, 0.6) is 0 Å². The molecule has 0 unspecified atom stereocenters. The number of benzene rings is 1. The predicted molar refractivity (Wildman–Crippen MR) is 106 cm³/mol. The van der Waals surface area contributed by atoms with Gasteiger partial charge in [-0.3, -0.25) is 9.78 Å². The van der Waals surface area contributed by atoms with E-state index in [4.69, 9.17) is 0 Å². The van der Waals surface area contributed by atoms with Gasteiger partial charge in [0.1, 0.15) is 14.9 Å². The number of aryl methyl sites for hydroxylation is 1. The van der Waals surface area contributed by atoms with Crippen molar-refractivity contribution in [1.82, 2.24) is 15.0 Å². The van der Waals surface area contributed by atoms with Crippen LogP contribution in [0.25, 0.3) is 21.3 Å². The van der Waals surface area contributed by atoms with Crippen molar-refractivity contribution in [3.05, 3.63) is 70.8 Å². The molecule has 0 bridgehead atoms. The average molecular weight is 378 g/mol. The number of thiazole rings is 2. The molecule has 0 aliphatic carbocycles. The molecule has 1 aromatic carbocycles. The van der Waals surface area contributed by atoms with E-state index in [2.05, 4.69) is 20.3 Å². The number of nitrogens with zero attached hydrogens (tertiary/aromatic N) is 3. The third-order valence-electron chi connectivity index (χ3n) is 3.71. The second-order valence-corrected chi connectivity index (χ2v) is 7.41. The molecular weight excluding hydrogens is 364 g/mol. The molecule has 5 nitrogen and oxygen atoms in total. The van der Waals surface area contributed by atoms with Crippen LogP contribution in [-0.4, -0.2) is 20.9 Å². The van der Waals surface area contributed by atoms with E-state index in [-0.39, 0.29) is 5.91 Å². The first kappa shape index (κ1) is 16.6. The monoisotopic (exact) mass is 378 g/mol. The molecule has 0 saturated heterocycles. The van der Waals surface area contributed by atoms with Crippen molar-refractivity contribution in [2.24, 2.45) is 0 Å². The Bertz CT molecular complexity index is 1030. The number of nitrogens with one attached hydrogen (secondary N) is 1. The number of amides is 1. The zero-order valence-electron chi connectivity index (χ0n) is 13.8. The minimum Gasteiger partial charge on any atom is -0.321 e. The fourth-order valence-corrected chi connectivity index (χ4v) is 4.04. The van der Waals surface area contributed by atoms with E-state index in [0.717, 1.165) is 27.0 Å². The Hall–Kier alpha value is -2.90. The Labute approximate surface area is 158 Å². The van der Waals surface area contributed by atoms with Crippen molar-refractivity contribution < 1.29 is 4.79 Å². The summed E-state index contributed by atoms with van der Waals surface area (Å²) in [6, 6.07) is 13.3. The van der Waals surface area contributed by atoms with Crippen LogP contribution in [-0.2, 0) is 0 Å². The zero-order chi connectivity index (χ0) is 17.9. The molecule has 0 fully saturated rings. The van der Waals surface area contributed by atoms with Gasteiger partial charge in [0.15, 0.2) is 0 Å². The maximum absolute atomic E-state index is 12.6. The molecule has 4 aromatic rings. The molecule has 0 saturated carbocycles. The highest BCUT2D eigenvalue weighted by Crippen LogP contribution is 2.28. The fraction of sp³-hybridized carbons (Fsp3) is 0.0526. The lowest BCUT2D eigenvalue weighted by atomic mass is 10.2. The molecule has 3 aromatic heterocycles. The molecule has 26 heavy (non-hydrogen) atoms. The number of hydrogen-bond donors (Lipinski definition) is 1. The molecule has 1 amide bonds. The van der Waals surface area contributed by atoms with Crippen molar-refractivity contribution in [3.8, 4) is 21.3 Å². The SMILES string of the molecule is Cc1nc(-c2ccccn2)sc1C(=O)Nc1ccc(-c2nccs2)cc1. The van der Waals surface area contributed by atoms with Gasteiger partial charge in [-0.1, -0.05) is 6.07 Å². The summed E-state index contributed by atoms with van der Waals surface area (Å²) in [7, 11) is 0. The largest absolute Gasteiger partial charge is 0.321 e. The van der Waals surface area contributed by atoms with Crippen molar-refractivity contribution >= 4 is 34.3 Å². The van der Waals surface area contributed by atoms with Crippen LogP contribution in [0, 0.1) is 6.92 Å². The second kappa shape index (κ2) is 7.15. The summed E-state index contributed by atoms with van der Waals surface area (Å²) in [5.41, 5.74) is 3.24. The van der Waals surface area contributed by atoms with E-state index in [9.17, 15) is 4.79 Å². The number of carbonyl (C=O) groups is 1. The van der Waals surface area contributed by atoms with Crippen LogP contribution in [0.4, 0.5) is 5.69 Å². The smallest absolute Gasteiger partial charge is 0.267 e. The Balaban J connectivity index is 1.52. The summed E-state index contributed by atoms with van der Waals surface area (Å²) in [6.45, 7) is 1.84. The number of pyridine rings is 1. The minimum atomic E-state index is -0.163. The maximum Gasteiger partial charge on any atom is 0.267 e. The lowest BCUT2D eigenvalue weighted by Crippen LogP contribution is -2.11. The maximum atomic E-state index is 12.6. The van der Waals surface area contributed by atoms with Crippen molar-refractivity contribution in [3.63, 3.8) is 0 Å². The summed E-state index contributed by atoms with van der Waals surface area (Å²) < 4.78 is 0. The van der Waals surface area contributed by atoms with Gasteiger partial charge < -0.3 is 5.32 Å². The summed E-state index contributed by atoms with van der Waals surface area (Å²) in [5, 5.41) is 6.57. The van der Waals surface area contributed by atoms with Crippen molar-refractivity contribution in [2.75, 3.05) is 5.32 Å². The molecule has 3 heterocycles. The molecule has 7 heteroatoms. The molecule has 1 N–H and O–H groups in total. The van der Waals surface area contributed by atoms with Gasteiger partial charge in [0.25, 0.3) is 5.91 Å². The molecule has 0 aliphatic heterocycles. The van der Waals surface area contributed by atoms with Gasteiger partial charge in [0.05, 0.1) is 11.4 Å². The third kappa shape index (κ3) is 3.40. The van der Waals surface area contributed by atoms with Crippen LogP contribution in [0.1, 0.15) is 15.4 Å². The zero-order valence-corrected chi connectivity index (χ0v) is 15.5. The molecule has 0 radical (unpaired) electrons. The van der Waals surface area contributed by atoms with Gasteiger partial charge in [0.2, 0.25) is 0 Å². The lowest BCUT2D eigenvalue weighted by Gasteiger charge is -2.05. The predicted octanol–water partition coefficient (Wildman–Crippen LogP) is 4.89. The van der Waals surface area contributed by atoms with Gasteiger partial charge in [-0.2, -0.15) is 0 Å². The topological polar surface area (TPSA) is 67.8 Å². The van der Waals surface area contributed by atoms with E-state index in [1.165, 1.54) is 11.3 Å². The van der Waals surface area contributed by atoms with Gasteiger partial charge in [-0.25, -0.2) is 9.97 Å². The molecule has 0 atom stereocenters. The highest BCUT2D eigenvalue weighted by Gasteiger charge is 2.17. The van der Waals surface area contributed by atoms with Crippen molar-refractivity contribution in [2.45, 2.75) is 6.92 Å². The Morgan fingerprint density at radius 1 is 1.00 bits per heavy atom. The Morgan fingerprint density at radius 3 is 2.54 bits per heavy atom. The van der Waals surface area contributed by atoms with Crippen LogP contribution in [0.3, 0.4) is 0 Å². The van der Waals surface area contributed by atoms with E-state index in [1.807, 2.05) is 54.8 Å². The van der Waals surface area contributed by atoms with Gasteiger partial charge in [-0.15, -0.1) is 22.7 Å². The number of carbonyl (C=O) groups excluding carboxylic acids is 1. The van der Waals surface area contributed by atoms with E-state index < -0.39 is 0 Å². The van der Waals surface area contributed by atoms with Gasteiger partial charge in [-0.05, 0) is 43.3 Å². The highest BCUT2D eigenvalue weighted by molar-refractivity contribution is 7.17. The number of anilines is 1. The van der Waals surface area contributed by atoms with E-state index >= 15 is 0 Å². The van der Waals surface area contributed by atoms with Crippen LogP contribution in [0.15, 0.2) is 60.2 Å². The average Bonchev–Trinajstić information content (AvgIpc) is 3.33. The Morgan fingerprint density at radius 2 is 1.85 bits per heavy atom. The first-order chi connectivity index (χ1) is 12.7. The second-order valence-electron chi connectivity index (χ2n) is 5.52. The van der Waals surface area contributed by atoms with Gasteiger partial charge >= 0.3 is 0 Å². The Kier molecular flexibility index (Phi) is 4.55. The first-order valence-electron chi connectivity index (χ1n) is 7.91. The third-order valence-corrected chi connectivity index (χ3v) is 5.71. The van der Waals surface area contributed by atoms with Crippen LogP contribution >= 0.6 is 22.7 Å². The standard InChI is InChI=1S/C19H14N4OS2/c1-12-16(26-19(22-12)15-4-2-3-9-20-15)17(24)23-14-7-5-13(6-8-14)18-21-10-11-25-18/h2-11H,1H3,(H,23,24). The van der Waals surface area contributed by atoms with Crippen LogP contribution in [0.2, 0.25) is 0 Å². The first-order valence-corrected chi connectivity index (χ1v) is 9.60. The van der Waals surface area contributed by atoms with E-state index in [1.54, 1.807) is 23.7 Å². The molecule has 128 valence electrons. The summed E-state index contributed by atoms with van der Waals surface area (Å²) in [5.74, 6) is -0.163. The fourth-order valence-electron chi connectivity index (χ4n) is 2.46.